The fraction of sp³-hybridized carbons (Fsp3) is 0.333. The number of hydrogen-bond donors (Lipinski definition) is 0. The third-order valence-electron chi connectivity index (χ3n) is 0.687. The van der Waals surface area contributed by atoms with Crippen LogP contribution in [0.25, 0.3) is 0 Å². The first kappa shape index (κ1) is 14.2. The summed E-state index contributed by atoms with van der Waals surface area (Å²) in [5.74, 6) is -0.152. The Morgan fingerprint density at radius 2 is 1.91 bits per heavy atom. The molecule has 0 saturated heterocycles. The van der Waals surface area contributed by atoms with Crippen LogP contribution in [0, 0.1) is 0 Å². The van der Waals surface area contributed by atoms with Crippen molar-refractivity contribution in [2.75, 3.05) is 12.4 Å². The topological polar surface area (TPSA) is 43.4 Å². The van der Waals surface area contributed by atoms with E-state index in [-0.39, 0.29) is 53.0 Å². The largest absolute Gasteiger partial charge is 2.00 e. The van der Waals surface area contributed by atoms with Gasteiger partial charge in [0.1, 0.15) is 0 Å². The predicted octanol–water partition coefficient (Wildman–Crippen LogP) is 0.549. The third kappa shape index (κ3) is 8.56. The fourth-order valence-corrected chi connectivity index (χ4v) is 1.03. The van der Waals surface area contributed by atoms with Crippen LogP contribution in [0.4, 0.5) is 0 Å². The van der Waals surface area contributed by atoms with Gasteiger partial charge in [-0.05, 0) is 0 Å². The van der Waals surface area contributed by atoms with Gasteiger partial charge in [0.2, 0.25) is 0 Å². The molecule has 0 heterocycles. The van der Waals surface area contributed by atoms with Crippen LogP contribution < -0.4 is 0 Å². The molecule has 5 heteroatoms. The molecule has 0 fully saturated rings. The quantitative estimate of drug-likeness (QED) is 0.373. The summed E-state index contributed by atoms with van der Waals surface area (Å²) < 4.78 is 25.7. The maximum Gasteiger partial charge on any atom is 2.00 e. The molecule has 0 bridgehead atoms. The second-order valence-electron chi connectivity index (χ2n) is 1.59. The molecule has 0 radical (unpaired) electrons. The molecule has 0 aromatic heterocycles. The van der Waals surface area contributed by atoms with E-state index in [1.54, 1.807) is 0 Å². The maximum absolute atomic E-state index is 10.6. The molecule has 0 amide bonds. The van der Waals surface area contributed by atoms with Gasteiger partial charge in [-0.2, -0.15) is 8.42 Å². The second kappa shape index (κ2) is 7.31. The van der Waals surface area contributed by atoms with Crippen molar-refractivity contribution in [3.05, 3.63) is 25.3 Å². The summed E-state index contributed by atoms with van der Waals surface area (Å²) in [5, 5.41) is 0. The normalized spacial score (nSPS) is 9.82. The van der Waals surface area contributed by atoms with Crippen molar-refractivity contribution in [1.82, 2.24) is 0 Å². The molecular weight excluding hydrogens is 192 g/mol. The van der Waals surface area contributed by atoms with Crippen molar-refractivity contribution >= 4 is 47.9 Å². The number of hydrogen-bond acceptors (Lipinski definition) is 3. The van der Waals surface area contributed by atoms with Crippen molar-refractivity contribution in [2.24, 2.45) is 0 Å². The van der Waals surface area contributed by atoms with E-state index in [4.69, 9.17) is 0 Å². The van der Waals surface area contributed by atoms with E-state index in [2.05, 4.69) is 17.3 Å². The van der Waals surface area contributed by atoms with E-state index in [1.807, 2.05) is 0 Å². The third-order valence-corrected chi connectivity index (χ3v) is 1.83. The van der Waals surface area contributed by atoms with Gasteiger partial charge in [0, 0.05) is 0 Å². The van der Waals surface area contributed by atoms with Crippen LogP contribution >= 0.6 is 0 Å². The summed E-state index contributed by atoms with van der Waals surface area (Å²) in [5.41, 5.74) is 0. The van der Waals surface area contributed by atoms with Gasteiger partial charge in [0.25, 0.3) is 10.1 Å². The molecule has 0 spiro atoms. The molecule has 0 aliphatic rings. The van der Waals surface area contributed by atoms with Crippen LogP contribution in [-0.2, 0) is 14.3 Å². The Morgan fingerprint density at radius 1 is 1.36 bits per heavy atom. The molecular formula is C6H12CaO3S. The predicted molar refractivity (Wildman–Crippen MR) is 48.1 cm³/mol. The molecule has 3 nitrogen and oxygen atoms in total. The van der Waals surface area contributed by atoms with E-state index in [9.17, 15) is 8.42 Å². The monoisotopic (exact) mass is 204 g/mol. The minimum absolute atomic E-state index is 0. The standard InChI is InChI=1S/C6H10O3S.Ca.2H/c1-3-5-9-10(7,8)6-4-2;;;/h3-4H,1-2,5-6H2;;;/q;+2;2*-1. The van der Waals surface area contributed by atoms with Crippen LogP contribution in [0.15, 0.2) is 25.3 Å². The zero-order valence-electron chi connectivity index (χ0n) is 8.32. The first-order chi connectivity index (χ1) is 4.62. The van der Waals surface area contributed by atoms with Crippen molar-refractivity contribution in [3.8, 4) is 0 Å². The minimum Gasteiger partial charge on any atom is -1.00 e. The van der Waals surface area contributed by atoms with Crippen molar-refractivity contribution in [3.63, 3.8) is 0 Å². The molecule has 62 valence electrons. The SMILES string of the molecule is C=CCOS(=O)(=O)CC=C.[Ca+2].[H-].[H-]. The van der Waals surface area contributed by atoms with Gasteiger partial charge in [-0.25, -0.2) is 0 Å². The van der Waals surface area contributed by atoms with Gasteiger partial charge in [-0.15, -0.1) is 13.2 Å². The van der Waals surface area contributed by atoms with Gasteiger partial charge >= 0.3 is 37.7 Å². The number of rotatable bonds is 5. The molecule has 0 aromatic rings. The van der Waals surface area contributed by atoms with Crippen LogP contribution in [0.5, 0.6) is 0 Å². The van der Waals surface area contributed by atoms with Crippen molar-refractivity contribution < 1.29 is 15.5 Å². The Labute approximate surface area is 100 Å². The molecule has 0 N–H and O–H groups in total. The summed E-state index contributed by atoms with van der Waals surface area (Å²) in [6.07, 6.45) is 2.65. The Morgan fingerprint density at radius 3 is 2.27 bits per heavy atom. The molecule has 11 heavy (non-hydrogen) atoms. The summed E-state index contributed by atoms with van der Waals surface area (Å²) in [7, 11) is -3.38. The first-order valence-corrected chi connectivity index (χ1v) is 4.29. The molecule has 0 unspecified atom stereocenters. The molecule has 0 aliphatic carbocycles. The van der Waals surface area contributed by atoms with Crippen molar-refractivity contribution in [1.29, 1.82) is 0 Å². The van der Waals surface area contributed by atoms with Gasteiger partial charge in [-0.1, -0.05) is 12.2 Å². The molecule has 0 aliphatic heterocycles. The van der Waals surface area contributed by atoms with Crippen LogP contribution in [0.1, 0.15) is 2.85 Å². The van der Waals surface area contributed by atoms with Crippen LogP contribution in [0.3, 0.4) is 0 Å². The van der Waals surface area contributed by atoms with Crippen molar-refractivity contribution in [2.45, 2.75) is 0 Å². The minimum atomic E-state index is -3.38. The second-order valence-corrected chi connectivity index (χ2v) is 3.27. The zero-order chi connectivity index (χ0) is 8.04. The Bertz CT molecular complexity index is 216. The van der Waals surface area contributed by atoms with Gasteiger partial charge in [0.15, 0.2) is 0 Å². The summed E-state index contributed by atoms with van der Waals surface area (Å²) in [6, 6.07) is 0. The van der Waals surface area contributed by atoms with Gasteiger partial charge < -0.3 is 2.85 Å². The summed E-state index contributed by atoms with van der Waals surface area (Å²) in [4.78, 5) is 0. The molecule has 0 saturated carbocycles. The van der Waals surface area contributed by atoms with Gasteiger partial charge in [0.05, 0.1) is 12.4 Å². The Hall–Kier alpha value is 0.650. The van der Waals surface area contributed by atoms with Gasteiger partial charge in [-0.3, -0.25) is 4.18 Å². The zero-order valence-corrected chi connectivity index (χ0v) is 9.35. The van der Waals surface area contributed by atoms with E-state index in [1.165, 1.54) is 12.2 Å². The molecule has 0 atom stereocenters. The summed E-state index contributed by atoms with van der Waals surface area (Å²) in [6.45, 7) is 6.60. The Kier molecular flexibility index (Phi) is 9.43. The average Bonchev–Trinajstić information content (AvgIpc) is 1.84. The smallest absolute Gasteiger partial charge is 1.00 e. The maximum atomic E-state index is 10.6. The van der Waals surface area contributed by atoms with E-state index in [0.29, 0.717) is 0 Å². The molecule has 0 rings (SSSR count). The van der Waals surface area contributed by atoms with Crippen LogP contribution in [0.2, 0.25) is 0 Å². The van der Waals surface area contributed by atoms with E-state index >= 15 is 0 Å². The Balaban J connectivity index is -0.000000135. The molecule has 0 aromatic carbocycles. The summed E-state index contributed by atoms with van der Waals surface area (Å²) >= 11 is 0. The first-order valence-electron chi connectivity index (χ1n) is 2.71. The van der Waals surface area contributed by atoms with E-state index < -0.39 is 10.1 Å². The average molecular weight is 204 g/mol. The van der Waals surface area contributed by atoms with Crippen LogP contribution in [-0.4, -0.2) is 58.5 Å². The van der Waals surface area contributed by atoms with E-state index in [0.717, 1.165) is 0 Å². The fourth-order valence-electron chi connectivity index (χ4n) is 0.344.